The highest BCUT2D eigenvalue weighted by atomic mass is 32.2. The molecule has 1 aliphatic heterocycles. The molecule has 118 valence electrons. The van der Waals surface area contributed by atoms with Crippen LogP contribution in [0.15, 0.2) is 59.2 Å². The Balaban J connectivity index is 2.03. The van der Waals surface area contributed by atoms with Gasteiger partial charge >= 0.3 is 0 Å². The SMILES string of the molecule is C=CCON(SN=O)C1C=C(C)CN(Cc2ccccc2)C1. The third-order valence-electron chi connectivity index (χ3n) is 3.35. The van der Waals surface area contributed by atoms with Crippen LogP contribution in [-0.4, -0.2) is 35.1 Å². The molecule has 0 N–H and O–H groups in total. The first-order chi connectivity index (χ1) is 10.7. The van der Waals surface area contributed by atoms with E-state index in [2.05, 4.69) is 41.2 Å². The van der Waals surface area contributed by atoms with Crippen LogP contribution in [0.5, 0.6) is 0 Å². The van der Waals surface area contributed by atoms with Gasteiger partial charge in [-0.1, -0.05) is 52.5 Å². The van der Waals surface area contributed by atoms with Gasteiger partial charge in [0.25, 0.3) is 0 Å². The van der Waals surface area contributed by atoms with Gasteiger partial charge in [-0.05, 0) is 12.5 Å². The van der Waals surface area contributed by atoms with Crippen molar-refractivity contribution < 1.29 is 4.84 Å². The Morgan fingerprint density at radius 2 is 2.27 bits per heavy atom. The Labute approximate surface area is 135 Å². The summed E-state index contributed by atoms with van der Waals surface area (Å²) in [6.45, 7) is 8.64. The van der Waals surface area contributed by atoms with E-state index in [4.69, 9.17) is 4.84 Å². The van der Waals surface area contributed by atoms with Crippen LogP contribution in [0.4, 0.5) is 0 Å². The zero-order valence-electron chi connectivity index (χ0n) is 12.7. The van der Waals surface area contributed by atoms with E-state index >= 15 is 0 Å². The summed E-state index contributed by atoms with van der Waals surface area (Å²) in [5.74, 6) is 0. The molecule has 22 heavy (non-hydrogen) atoms. The molecule has 5 nitrogen and oxygen atoms in total. The van der Waals surface area contributed by atoms with Gasteiger partial charge in [0.15, 0.2) is 0 Å². The lowest BCUT2D eigenvalue weighted by molar-refractivity contribution is -0.0859. The van der Waals surface area contributed by atoms with Gasteiger partial charge < -0.3 is 0 Å². The maximum atomic E-state index is 10.6. The molecule has 1 atom stereocenters. The molecule has 1 heterocycles. The molecule has 0 radical (unpaired) electrons. The largest absolute Gasteiger partial charge is 0.293 e. The van der Waals surface area contributed by atoms with Crippen LogP contribution in [0.3, 0.4) is 0 Å². The molecule has 0 saturated carbocycles. The highest BCUT2D eigenvalue weighted by molar-refractivity contribution is 7.95. The van der Waals surface area contributed by atoms with E-state index in [1.807, 2.05) is 18.2 Å². The molecule has 0 amide bonds. The summed E-state index contributed by atoms with van der Waals surface area (Å²) < 4.78 is 4.43. The van der Waals surface area contributed by atoms with E-state index in [0.717, 1.165) is 31.8 Å². The molecular formula is C16H21N3O2S. The number of benzene rings is 1. The molecule has 0 saturated heterocycles. The van der Waals surface area contributed by atoms with Crippen molar-refractivity contribution in [3.63, 3.8) is 0 Å². The predicted octanol–water partition coefficient (Wildman–Crippen LogP) is 3.57. The van der Waals surface area contributed by atoms with Crippen molar-refractivity contribution in [2.24, 2.45) is 4.58 Å². The van der Waals surface area contributed by atoms with E-state index < -0.39 is 0 Å². The normalized spacial score (nSPS) is 19.0. The first kappa shape index (κ1) is 16.9. The van der Waals surface area contributed by atoms with Crippen LogP contribution in [0.25, 0.3) is 0 Å². The smallest absolute Gasteiger partial charge is 0.135 e. The molecule has 0 fully saturated rings. The summed E-state index contributed by atoms with van der Waals surface area (Å²) in [6.07, 6.45) is 3.78. The third-order valence-corrected chi connectivity index (χ3v) is 3.95. The van der Waals surface area contributed by atoms with E-state index in [1.165, 1.54) is 11.1 Å². The van der Waals surface area contributed by atoms with Crippen LogP contribution in [0.2, 0.25) is 0 Å². The van der Waals surface area contributed by atoms with Crippen molar-refractivity contribution in [2.45, 2.75) is 19.5 Å². The Morgan fingerprint density at radius 1 is 1.50 bits per heavy atom. The number of hydroxylamine groups is 1. The lowest BCUT2D eigenvalue weighted by Crippen LogP contribution is -2.43. The standard InChI is InChI=1S/C16H21N3O2S/c1-3-9-21-19(22-17-20)16-10-14(2)11-18(13-16)12-15-7-5-4-6-8-15/h3-8,10,16H,1,9,11-13H2,2H3. The summed E-state index contributed by atoms with van der Waals surface area (Å²) >= 11 is 0.795. The van der Waals surface area contributed by atoms with Crippen LogP contribution in [0, 0.1) is 4.91 Å². The lowest BCUT2D eigenvalue weighted by atomic mass is 10.1. The summed E-state index contributed by atoms with van der Waals surface area (Å²) in [4.78, 5) is 18.5. The van der Waals surface area contributed by atoms with E-state index in [-0.39, 0.29) is 6.04 Å². The quantitative estimate of drug-likeness (QED) is 0.317. The molecule has 1 aromatic carbocycles. The summed E-state index contributed by atoms with van der Waals surface area (Å²) in [5.41, 5.74) is 2.53. The van der Waals surface area contributed by atoms with Gasteiger partial charge in [-0.3, -0.25) is 9.74 Å². The zero-order chi connectivity index (χ0) is 15.8. The minimum Gasteiger partial charge on any atom is -0.293 e. The van der Waals surface area contributed by atoms with Gasteiger partial charge in [-0.15, -0.1) is 11.5 Å². The second-order valence-corrected chi connectivity index (χ2v) is 5.93. The van der Waals surface area contributed by atoms with Gasteiger partial charge in [0.05, 0.1) is 12.6 Å². The fourth-order valence-electron chi connectivity index (χ4n) is 2.54. The number of nitroso groups, excluding NO2 is 1. The molecule has 2 rings (SSSR count). The van der Waals surface area contributed by atoms with Crippen molar-refractivity contribution in [3.05, 3.63) is 65.1 Å². The highest BCUT2D eigenvalue weighted by Crippen LogP contribution is 2.23. The highest BCUT2D eigenvalue weighted by Gasteiger charge is 2.26. The van der Waals surface area contributed by atoms with Gasteiger partial charge in [-0.25, -0.2) is 0 Å². The predicted molar refractivity (Wildman–Crippen MR) is 90.6 cm³/mol. The van der Waals surface area contributed by atoms with Crippen LogP contribution < -0.4 is 0 Å². The minimum atomic E-state index is -0.0138. The molecule has 6 heteroatoms. The van der Waals surface area contributed by atoms with Crippen molar-refractivity contribution in [1.82, 2.24) is 9.37 Å². The van der Waals surface area contributed by atoms with Crippen molar-refractivity contribution in [3.8, 4) is 0 Å². The molecule has 1 aromatic rings. The number of hydrogen-bond donors (Lipinski definition) is 0. The second-order valence-electron chi connectivity index (χ2n) is 5.26. The van der Waals surface area contributed by atoms with Crippen molar-refractivity contribution >= 4 is 12.1 Å². The molecular weight excluding hydrogens is 298 g/mol. The monoisotopic (exact) mass is 319 g/mol. The Bertz CT molecular complexity index is 521. The molecule has 1 unspecified atom stereocenters. The van der Waals surface area contributed by atoms with Gasteiger partial charge in [0, 0.05) is 24.2 Å². The summed E-state index contributed by atoms with van der Waals surface area (Å²) in [7, 11) is 0. The molecule has 0 spiro atoms. The molecule has 0 aromatic heterocycles. The molecule has 0 aliphatic carbocycles. The van der Waals surface area contributed by atoms with Crippen molar-refractivity contribution in [2.75, 3.05) is 19.7 Å². The van der Waals surface area contributed by atoms with Crippen LogP contribution >= 0.6 is 12.1 Å². The zero-order valence-corrected chi connectivity index (χ0v) is 13.5. The number of hydrogen-bond acceptors (Lipinski definition) is 6. The van der Waals surface area contributed by atoms with Gasteiger partial charge in [-0.2, -0.15) is 0 Å². The second kappa shape index (κ2) is 8.85. The minimum absolute atomic E-state index is 0.0138. The lowest BCUT2D eigenvalue weighted by Gasteiger charge is -2.34. The van der Waals surface area contributed by atoms with E-state index in [0.29, 0.717) is 6.61 Å². The topological polar surface area (TPSA) is 45.1 Å². The Morgan fingerprint density at radius 3 is 2.95 bits per heavy atom. The average molecular weight is 319 g/mol. The summed E-state index contributed by atoms with van der Waals surface area (Å²) in [5, 5.41) is 0. The van der Waals surface area contributed by atoms with E-state index in [9.17, 15) is 4.91 Å². The number of rotatable bonds is 8. The maximum Gasteiger partial charge on any atom is 0.135 e. The van der Waals surface area contributed by atoms with E-state index in [1.54, 1.807) is 10.5 Å². The Kier molecular flexibility index (Phi) is 6.79. The van der Waals surface area contributed by atoms with Gasteiger partial charge in [0.1, 0.15) is 12.1 Å². The average Bonchev–Trinajstić information content (AvgIpc) is 2.52. The fourth-order valence-corrected chi connectivity index (χ4v) is 2.97. The summed E-state index contributed by atoms with van der Waals surface area (Å²) in [6, 6.07) is 10.3. The van der Waals surface area contributed by atoms with Crippen molar-refractivity contribution in [1.29, 1.82) is 0 Å². The number of nitrogens with zero attached hydrogens (tertiary/aromatic N) is 3. The van der Waals surface area contributed by atoms with Crippen LogP contribution in [-0.2, 0) is 11.4 Å². The molecule has 1 aliphatic rings. The fraction of sp³-hybridized carbons (Fsp3) is 0.375. The maximum absolute atomic E-state index is 10.6. The molecule has 0 bridgehead atoms. The van der Waals surface area contributed by atoms with Crippen LogP contribution in [0.1, 0.15) is 12.5 Å². The Hall–Kier alpha value is -1.47. The van der Waals surface area contributed by atoms with Gasteiger partial charge in [0.2, 0.25) is 0 Å². The third kappa shape index (κ3) is 5.06. The first-order valence-corrected chi connectivity index (χ1v) is 7.92. The first-order valence-electron chi connectivity index (χ1n) is 7.19.